The zero-order chi connectivity index (χ0) is 62.1. The molecular weight excluding hydrogens is 1250 g/mol. The maximum Gasteiger partial charge on any atom is 0.472 e. The highest BCUT2D eigenvalue weighted by Crippen LogP contribution is 2.54. The van der Waals surface area contributed by atoms with E-state index in [9.17, 15) is 82.3 Å². The third-order valence-corrected chi connectivity index (χ3v) is 17.0. The van der Waals surface area contributed by atoms with Crippen LogP contribution in [0.2, 0.25) is 0 Å². The minimum Gasteiger partial charge on any atom is -0.387 e. The highest BCUT2D eigenvalue weighted by Gasteiger charge is 2.54. The zero-order valence-electron chi connectivity index (χ0n) is 43.4. The summed E-state index contributed by atoms with van der Waals surface area (Å²) in [4.78, 5) is 130. The molecule has 47 heteroatoms. The molecule has 18 atom stereocenters. The number of aliphatic hydroxyl groups excluding tert-OH is 4. The van der Waals surface area contributed by atoms with Gasteiger partial charge in [0.2, 0.25) is 5.95 Å². The summed E-state index contributed by atoms with van der Waals surface area (Å²) in [6, 6.07) is 1.08. The van der Waals surface area contributed by atoms with Crippen LogP contribution in [0, 0.1) is 6.92 Å². The Morgan fingerprint density at radius 1 is 0.605 bits per heavy atom. The molecule has 4 fully saturated rings. The summed E-state index contributed by atoms with van der Waals surface area (Å²) in [5, 5.41) is 44.8. The van der Waals surface area contributed by atoms with Crippen LogP contribution in [0.3, 0.4) is 0 Å². The number of fused-ring (bicyclic) bond motifs is 2. The first-order valence-corrected chi connectivity index (χ1v) is 30.7. The van der Waals surface area contributed by atoms with Crippen LogP contribution in [-0.2, 0) is 68.9 Å². The zero-order valence-corrected chi connectivity index (χ0v) is 47.0. The summed E-state index contributed by atoms with van der Waals surface area (Å²) < 4.78 is 116. The Morgan fingerprint density at radius 3 is 1.78 bits per heavy atom. The van der Waals surface area contributed by atoms with Gasteiger partial charge in [0.25, 0.3) is 11.1 Å². The van der Waals surface area contributed by atoms with Crippen molar-refractivity contribution in [2.45, 2.75) is 105 Å². The second-order valence-corrected chi connectivity index (χ2v) is 24.7. The lowest BCUT2D eigenvalue weighted by Gasteiger charge is -2.26. The smallest absolute Gasteiger partial charge is 0.387 e. The molecule has 0 radical (unpaired) electrons. The number of nitrogen functional groups attached to an aromatic ring is 3. The summed E-state index contributed by atoms with van der Waals surface area (Å²) in [6.07, 6.45) is -23.0. The maximum atomic E-state index is 14.0. The molecule has 3 unspecified atom stereocenters. The first-order chi connectivity index (χ1) is 40.4. The van der Waals surface area contributed by atoms with Gasteiger partial charge in [-0.25, -0.2) is 47.8 Å². The van der Waals surface area contributed by atoms with E-state index in [1.165, 1.54) is 6.92 Å². The normalized spacial score (nSPS) is 30.9. The summed E-state index contributed by atoms with van der Waals surface area (Å²) in [7, 11) is -22.1. The van der Waals surface area contributed by atoms with Gasteiger partial charge in [0.1, 0.15) is 91.0 Å². The molecule has 10 heterocycles. The Morgan fingerprint density at radius 2 is 1.15 bits per heavy atom. The number of hydrogen-bond acceptors (Lipinski definition) is 32. The molecule has 0 amide bonds. The molecule has 17 N–H and O–H groups in total. The second kappa shape index (κ2) is 24.2. The number of imidazole rings is 2. The van der Waals surface area contributed by atoms with Gasteiger partial charge in [-0.15, -0.1) is 0 Å². The van der Waals surface area contributed by atoms with Gasteiger partial charge >= 0.3 is 42.7 Å². The summed E-state index contributed by atoms with van der Waals surface area (Å²) in [5.74, 6) is -0.734. The Hall–Kier alpha value is -6.02. The monoisotopic (exact) mass is 1300 g/mol. The highest BCUT2D eigenvalue weighted by atomic mass is 31.2. The number of ether oxygens (including phenoxy) is 4. The first-order valence-electron chi connectivity index (χ1n) is 24.7. The molecule has 4 saturated heterocycles. The SMILES string of the molecule is Cc1cn([C@H]2C[C@H](OP(=O)(O)OC[C@H]3O[C@@H](n4cnc5c(=O)[nH]c(N)nc54)[C@H](O)[C@@H]3O)[C@@H](COP(=O)(O)O[C@H]3[C@@H](O)[C@H](n4ccc(N)nc4=O)O[C@@H]3COP(=O)(O)O[C@H]3[C@@H](O)[C@H](n4cnc5c(N)ncnc54)O[C@@H]3COP(=O)(O)O)O2)c(=O)[nH]c1=O. The lowest BCUT2D eigenvalue weighted by atomic mass is 10.1. The van der Waals surface area contributed by atoms with Crippen LogP contribution in [0.4, 0.5) is 17.6 Å². The van der Waals surface area contributed by atoms with Crippen molar-refractivity contribution in [2.24, 2.45) is 0 Å². The van der Waals surface area contributed by atoms with Gasteiger partial charge in [-0.3, -0.25) is 69.5 Å². The fourth-order valence-electron chi connectivity index (χ4n) is 9.50. The largest absolute Gasteiger partial charge is 0.472 e. The Bertz CT molecular complexity index is 3970. The number of aryl methyl sites for hydroxylation is 1. The van der Waals surface area contributed by atoms with Crippen LogP contribution in [0.25, 0.3) is 22.3 Å². The van der Waals surface area contributed by atoms with Crippen molar-refractivity contribution in [3.05, 3.63) is 84.7 Å². The number of phosphoric acid groups is 4. The van der Waals surface area contributed by atoms with Crippen molar-refractivity contribution in [1.29, 1.82) is 0 Å². The van der Waals surface area contributed by atoms with Crippen LogP contribution in [0.15, 0.2) is 56.6 Å². The van der Waals surface area contributed by atoms with E-state index in [1.54, 1.807) is 0 Å². The van der Waals surface area contributed by atoms with E-state index in [-0.39, 0.29) is 45.5 Å². The molecule has 0 aliphatic carbocycles. The molecule has 0 aromatic carbocycles. The van der Waals surface area contributed by atoms with E-state index >= 15 is 0 Å². The number of aliphatic hydroxyl groups is 4. The van der Waals surface area contributed by atoms with Crippen LogP contribution >= 0.6 is 31.3 Å². The molecular formula is C39H51N15O28P4. The minimum absolute atomic E-state index is 0.0195. The van der Waals surface area contributed by atoms with Crippen molar-refractivity contribution in [1.82, 2.24) is 58.1 Å². The number of aromatic nitrogens is 12. The molecule has 43 nitrogen and oxygen atoms in total. The van der Waals surface area contributed by atoms with Gasteiger partial charge in [0, 0.05) is 24.4 Å². The van der Waals surface area contributed by atoms with E-state index in [0.29, 0.717) is 4.57 Å². The van der Waals surface area contributed by atoms with E-state index in [0.717, 1.165) is 51.1 Å². The third kappa shape index (κ3) is 13.4. The van der Waals surface area contributed by atoms with Crippen molar-refractivity contribution in [2.75, 3.05) is 43.6 Å². The molecule has 10 rings (SSSR count). The number of rotatable bonds is 22. The lowest BCUT2D eigenvalue weighted by molar-refractivity contribution is -0.0644. The fourth-order valence-corrected chi connectivity index (χ4v) is 12.7. The number of nitrogens with two attached hydrogens (primary N) is 3. The van der Waals surface area contributed by atoms with Gasteiger partial charge in [0.15, 0.2) is 41.3 Å². The number of hydrogen-bond donors (Lipinski definition) is 14. The number of phosphoric ester groups is 4. The van der Waals surface area contributed by atoms with Crippen LogP contribution in [0.1, 0.15) is 36.9 Å². The average Bonchev–Trinajstić information content (AvgIpc) is 2.02. The average molecular weight is 1300 g/mol. The predicted octanol–water partition coefficient (Wildman–Crippen LogP) is -5.14. The molecule has 4 aliphatic heterocycles. The molecule has 6 aromatic rings. The summed E-state index contributed by atoms with van der Waals surface area (Å²) >= 11 is 0. The minimum atomic E-state index is -5.72. The number of anilines is 3. The van der Waals surface area contributed by atoms with E-state index < -0.39 is 179 Å². The highest BCUT2D eigenvalue weighted by molar-refractivity contribution is 7.48. The Kier molecular flexibility index (Phi) is 17.7. The molecule has 0 spiro atoms. The lowest BCUT2D eigenvalue weighted by Crippen LogP contribution is -2.38. The molecule has 0 bridgehead atoms. The standard InChI is InChI=1S/C39H51N15O28P4/c1-13-5-52(39(62)50-32(13)59)20-4-14(80-84(66,67)74-7-16-23(55)24(56)34(77-16)54-12-46-22-31(54)48-37(42)49-33(22)60)15(76-20)6-73-85(68,69)82-28-18(78-35(25(28)57)51-3-2-19(40)47-38(51)61)9-75-86(70,71)81-27-17(8-72-83(63,64)65)79-36(26(27)58)53-11-45-21-29(41)43-10-44-30(21)53/h2-3,5,10-12,14-18,20,23-28,34-36,55-58H,4,6-9H2,1H3,(H,66,67)(H,68,69)(H,70,71)(H2,40,47,61)(H2,41,43,44)(H,50,59,62)(H2,63,64,65)(H3,42,48,49,60)/t14-,15+,16+,17+,18+,20+,23+,24+,25+,26+,27+,28+,34+,35+,36+/m0/s1. The van der Waals surface area contributed by atoms with E-state index in [2.05, 4.69) is 39.4 Å². The summed E-state index contributed by atoms with van der Waals surface area (Å²) in [5.41, 5.74) is 13.0. The van der Waals surface area contributed by atoms with Crippen LogP contribution in [-0.4, -0.2) is 197 Å². The summed E-state index contributed by atoms with van der Waals surface area (Å²) in [6.45, 7) is -3.20. The Balaban J connectivity index is 0.848. The van der Waals surface area contributed by atoms with Gasteiger partial charge in [0.05, 0.1) is 39.1 Å². The quantitative estimate of drug-likeness (QED) is 0.0283. The van der Waals surface area contributed by atoms with Crippen LogP contribution in [0.5, 0.6) is 0 Å². The topological polar surface area (TPSA) is 627 Å². The molecule has 4 aliphatic rings. The van der Waals surface area contributed by atoms with Crippen molar-refractivity contribution in [3.8, 4) is 0 Å². The van der Waals surface area contributed by atoms with Crippen molar-refractivity contribution >= 4 is 71.2 Å². The van der Waals surface area contributed by atoms with Gasteiger partial charge in [-0.1, -0.05) is 0 Å². The van der Waals surface area contributed by atoms with Crippen molar-refractivity contribution in [3.63, 3.8) is 0 Å². The first kappa shape index (κ1) is 63.0. The van der Waals surface area contributed by atoms with Gasteiger partial charge < -0.3 is 81.0 Å². The van der Waals surface area contributed by atoms with Gasteiger partial charge in [-0.2, -0.15) is 9.97 Å². The fraction of sp³-hybridized carbons (Fsp3) is 0.538. The number of aromatic amines is 2. The third-order valence-electron chi connectivity index (χ3n) is 13.5. The molecule has 6 aromatic heterocycles. The van der Waals surface area contributed by atoms with E-state index in [1.807, 2.05) is 4.98 Å². The molecule has 86 heavy (non-hydrogen) atoms. The number of nitrogens with zero attached hydrogens (tertiary/aromatic N) is 10. The van der Waals surface area contributed by atoms with Crippen LogP contribution < -0.4 is 39.7 Å². The van der Waals surface area contributed by atoms with Crippen molar-refractivity contribution < 1.29 is 114 Å². The molecule has 470 valence electrons. The van der Waals surface area contributed by atoms with Gasteiger partial charge in [-0.05, 0) is 13.0 Å². The maximum absolute atomic E-state index is 14.0. The number of nitrogens with one attached hydrogen (secondary N) is 2. The molecule has 0 saturated carbocycles. The predicted molar refractivity (Wildman–Crippen MR) is 275 cm³/mol. The van der Waals surface area contributed by atoms with E-state index in [4.69, 9.17) is 63.3 Å². The number of H-pyrrole nitrogens is 2. The Labute approximate surface area is 475 Å². The second-order valence-electron chi connectivity index (χ2n) is 19.3.